The van der Waals surface area contributed by atoms with Gasteiger partial charge in [0.05, 0.1) is 5.69 Å². The molecule has 0 radical (unpaired) electrons. The van der Waals surface area contributed by atoms with Crippen LogP contribution in [0, 0.1) is 0 Å². The highest BCUT2D eigenvalue weighted by molar-refractivity contribution is 7.80. The summed E-state index contributed by atoms with van der Waals surface area (Å²) in [5.41, 5.74) is 3.88. The van der Waals surface area contributed by atoms with E-state index in [2.05, 4.69) is 26.1 Å². The second-order valence-electron chi connectivity index (χ2n) is 6.80. The van der Waals surface area contributed by atoms with E-state index >= 15 is 0 Å². The number of carbonyl (C=O) groups excluding carboxylic acids is 2. The summed E-state index contributed by atoms with van der Waals surface area (Å²) in [5, 5.41) is 2.71. The molecule has 0 saturated carbocycles. The van der Waals surface area contributed by atoms with Crippen molar-refractivity contribution in [2.24, 2.45) is 0 Å². The zero-order chi connectivity index (χ0) is 19.6. The lowest BCUT2D eigenvalue weighted by atomic mass is 10.0. The van der Waals surface area contributed by atoms with E-state index in [-0.39, 0.29) is 10.7 Å². The number of nitrogens with zero attached hydrogens (tertiary/aromatic N) is 1. The Morgan fingerprint density at radius 2 is 1.67 bits per heavy atom. The molecule has 27 heavy (non-hydrogen) atoms. The predicted octanol–water partition coefficient (Wildman–Crippen LogP) is 4.20. The Kier molecular flexibility index (Phi) is 5.51. The van der Waals surface area contributed by atoms with Crippen LogP contribution < -0.4 is 10.2 Å². The van der Waals surface area contributed by atoms with Crippen LogP contribution in [0.5, 0.6) is 0 Å². The fourth-order valence-electron chi connectivity index (χ4n) is 2.92. The van der Waals surface area contributed by atoms with Crippen LogP contribution in [-0.2, 0) is 16.0 Å². The molecule has 1 aliphatic rings. The highest BCUT2D eigenvalue weighted by Gasteiger charge is 2.34. The largest absolute Gasteiger partial charge is 0.298 e. The van der Waals surface area contributed by atoms with Crippen molar-refractivity contribution >= 4 is 40.9 Å². The lowest BCUT2D eigenvalue weighted by Crippen LogP contribution is -2.54. The number of rotatable bonds is 4. The van der Waals surface area contributed by atoms with Crippen molar-refractivity contribution in [1.29, 1.82) is 0 Å². The number of amides is 2. The fourth-order valence-corrected chi connectivity index (χ4v) is 3.20. The van der Waals surface area contributed by atoms with Crippen LogP contribution in [0.2, 0.25) is 0 Å². The summed E-state index contributed by atoms with van der Waals surface area (Å²) < 4.78 is 0. The molecule has 2 aromatic rings. The van der Waals surface area contributed by atoms with Crippen LogP contribution in [0.4, 0.5) is 5.69 Å². The molecule has 0 aliphatic carbocycles. The minimum absolute atomic E-state index is 0.0699. The van der Waals surface area contributed by atoms with Crippen LogP contribution in [0.3, 0.4) is 0 Å². The van der Waals surface area contributed by atoms with Gasteiger partial charge in [-0.15, -0.1) is 0 Å². The number of hydrogen-bond donors (Lipinski definition) is 1. The summed E-state index contributed by atoms with van der Waals surface area (Å²) >= 11 is 5.23. The summed E-state index contributed by atoms with van der Waals surface area (Å²) in [6, 6.07) is 15.4. The van der Waals surface area contributed by atoms with Gasteiger partial charge in [0.15, 0.2) is 5.11 Å². The topological polar surface area (TPSA) is 49.4 Å². The van der Waals surface area contributed by atoms with Gasteiger partial charge in [-0.05, 0) is 59.5 Å². The molecule has 0 atom stereocenters. The maximum absolute atomic E-state index is 13.0. The Balaban J connectivity index is 1.93. The molecule has 0 aromatic heterocycles. The maximum Gasteiger partial charge on any atom is 0.270 e. The molecule has 4 nitrogen and oxygen atoms in total. The summed E-state index contributed by atoms with van der Waals surface area (Å²) in [7, 11) is 0. The van der Waals surface area contributed by atoms with E-state index in [9.17, 15) is 9.59 Å². The molecule has 5 heteroatoms. The van der Waals surface area contributed by atoms with E-state index in [0.717, 1.165) is 12.0 Å². The lowest BCUT2D eigenvalue weighted by molar-refractivity contribution is -0.122. The van der Waals surface area contributed by atoms with Crippen molar-refractivity contribution in [3.05, 3.63) is 70.8 Å². The SMILES string of the molecule is CCc1ccc(N2C(=O)/C(=C/c3ccc(C(C)C)cc3)C(=O)NC2=S)cc1. The number of hydrogen-bond acceptors (Lipinski definition) is 3. The standard InChI is InChI=1S/C22H22N2O2S/c1-4-15-7-11-18(12-8-15)24-21(26)19(20(25)23-22(24)27)13-16-5-9-17(10-6-16)14(2)3/h5-14H,4H2,1-3H3,(H,23,25,27)/b19-13+. The number of nitrogens with one attached hydrogen (secondary N) is 1. The third kappa shape index (κ3) is 3.98. The van der Waals surface area contributed by atoms with Gasteiger partial charge in [0.25, 0.3) is 11.8 Å². The fraction of sp³-hybridized carbons (Fsp3) is 0.227. The number of benzene rings is 2. The number of aryl methyl sites for hydroxylation is 1. The molecule has 0 bridgehead atoms. The van der Waals surface area contributed by atoms with Gasteiger partial charge in [-0.2, -0.15) is 0 Å². The molecule has 0 unspecified atom stereocenters. The Bertz CT molecular complexity index is 912. The minimum Gasteiger partial charge on any atom is -0.298 e. The Morgan fingerprint density at radius 3 is 2.22 bits per heavy atom. The first-order chi connectivity index (χ1) is 12.9. The Hall–Kier alpha value is -2.79. The average molecular weight is 378 g/mol. The normalized spacial score (nSPS) is 16.2. The second kappa shape index (κ2) is 7.84. The van der Waals surface area contributed by atoms with Gasteiger partial charge >= 0.3 is 0 Å². The zero-order valence-electron chi connectivity index (χ0n) is 15.7. The molecule has 138 valence electrons. The minimum atomic E-state index is -0.473. The van der Waals surface area contributed by atoms with E-state index in [1.807, 2.05) is 48.5 Å². The molecule has 1 fully saturated rings. The molecule has 1 saturated heterocycles. The van der Waals surface area contributed by atoms with Gasteiger partial charge in [0.2, 0.25) is 0 Å². The second-order valence-corrected chi connectivity index (χ2v) is 7.19. The number of anilines is 1. The average Bonchev–Trinajstić information content (AvgIpc) is 2.66. The Morgan fingerprint density at radius 1 is 1.04 bits per heavy atom. The van der Waals surface area contributed by atoms with Gasteiger partial charge in [-0.3, -0.25) is 19.8 Å². The van der Waals surface area contributed by atoms with Crippen LogP contribution in [0.1, 0.15) is 43.4 Å². The highest BCUT2D eigenvalue weighted by Crippen LogP contribution is 2.23. The van der Waals surface area contributed by atoms with Crippen molar-refractivity contribution < 1.29 is 9.59 Å². The third-order valence-electron chi connectivity index (χ3n) is 4.62. The quantitative estimate of drug-likeness (QED) is 0.493. The lowest BCUT2D eigenvalue weighted by Gasteiger charge is -2.29. The predicted molar refractivity (Wildman–Crippen MR) is 113 cm³/mol. The number of thiocarbonyl (C=S) groups is 1. The van der Waals surface area contributed by atoms with Gasteiger partial charge in [0.1, 0.15) is 5.57 Å². The van der Waals surface area contributed by atoms with Gasteiger partial charge in [-0.1, -0.05) is 57.2 Å². The molecule has 1 aliphatic heterocycles. The molecule has 1 heterocycles. The first kappa shape index (κ1) is 19.0. The summed E-state index contributed by atoms with van der Waals surface area (Å²) in [4.78, 5) is 26.7. The molecule has 0 spiro atoms. The van der Waals surface area contributed by atoms with E-state index in [0.29, 0.717) is 11.6 Å². The van der Waals surface area contributed by atoms with Crippen molar-refractivity contribution in [1.82, 2.24) is 5.32 Å². The maximum atomic E-state index is 13.0. The van der Waals surface area contributed by atoms with E-state index in [1.54, 1.807) is 6.08 Å². The summed E-state index contributed by atoms with van der Waals surface area (Å²) in [6.07, 6.45) is 2.52. The van der Waals surface area contributed by atoms with Crippen molar-refractivity contribution in [3.63, 3.8) is 0 Å². The van der Waals surface area contributed by atoms with Crippen molar-refractivity contribution in [2.75, 3.05) is 4.90 Å². The molecule has 1 N–H and O–H groups in total. The molecule has 2 aromatic carbocycles. The van der Waals surface area contributed by atoms with Crippen LogP contribution in [0.25, 0.3) is 6.08 Å². The van der Waals surface area contributed by atoms with E-state index < -0.39 is 11.8 Å². The van der Waals surface area contributed by atoms with Gasteiger partial charge in [-0.25, -0.2) is 0 Å². The zero-order valence-corrected chi connectivity index (χ0v) is 16.5. The van der Waals surface area contributed by atoms with Gasteiger partial charge in [0, 0.05) is 0 Å². The van der Waals surface area contributed by atoms with E-state index in [1.165, 1.54) is 16.0 Å². The first-order valence-electron chi connectivity index (χ1n) is 9.01. The molecular weight excluding hydrogens is 356 g/mol. The van der Waals surface area contributed by atoms with Gasteiger partial charge < -0.3 is 0 Å². The van der Waals surface area contributed by atoms with Crippen LogP contribution in [0.15, 0.2) is 54.1 Å². The molecular formula is C22H22N2O2S. The van der Waals surface area contributed by atoms with E-state index in [4.69, 9.17) is 12.2 Å². The monoisotopic (exact) mass is 378 g/mol. The smallest absolute Gasteiger partial charge is 0.270 e. The van der Waals surface area contributed by atoms with Crippen LogP contribution >= 0.6 is 12.2 Å². The number of carbonyl (C=O) groups is 2. The Labute approximate surface area is 164 Å². The summed E-state index contributed by atoms with van der Waals surface area (Å²) in [6.45, 7) is 6.31. The van der Waals surface area contributed by atoms with Crippen LogP contribution in [-0.4, -0.2) is 16.9 Å². The third-order valence-corrected chi connectivity index (χ3v) is 4.90. The first-order valence-corrected chi connectivity index (χ1v) is 9.42. The molecule has 3 rings (SSSR count). The van der Waals surface area contributed by atoms with Crippen molar-refractivity contribution in [2.45, 2.75) is 33.1 Å². The van der Waals surface area contributed by atoms with Crippen molar-refractivity contribution in [3.8, 4) is 0 Å². The summed E-state index contributed by atoms with van der Waals surface area (Å²) in [5.74, 6) is -0.467. The molecule has 2 amide bonds. The highest BCUT2D eigenvalue weighted by atomic mass is 32.1.